The van der Waals surface area contributed by atoms with E-state index in [-0.39, 0.29) is 11.8 Å². The van der Waals surface area contributed by atoms with Crippen molar-refractivity contribution in [2.45, 2.75) is 12.8 Å². The second-order valence-electron chi connectivity index (χ2n) is 7.48. The van der Waals surface area contributed by atoms with Crippen molar-refractivity contribution < 1.29 is 19.1 Å². The molecule has 3 heterocycles. The molecule has 1 atom stereocenters. The van der Waals surface area contributed by atoms with Crippen LogP contribution in [0.2, 0.25) is 0 Å². The van der Waals surface area contributed by atoms with Gasteiger partial charge in [-0.15, -0.1) is 11.3 Å². The maximum absolute atomic E-state index is 12.6. The van der Waals surface area contributed by atoms with Crippen LogP contribution in [0.3, 0.4) is 0 Å². The molecule has 0 unspecified atom stereocenters. The van der Waals surface area contributed by atoms with Crippen LogP contribution in [0.1, 0.15) is 32.9 Å². The van der Waals surface area contributed by atoms with E-state index in [9.17, 15) is 9.59 Å². The molecule has 4 rings (SSSR count). The zero-order valence-electron chi connectivity index (χ0n) is 16.4. The predicted molar refractivity (Wildman–Crippen MR) is 112 cm³/mol. The zero-order valence-corrected chi connectivity index (χ0v) is 17.2. The van der Waals surface area contributed by atoms with Crippen LogP contribution >= 0.6 is 11.3 Å². The summed E-state index contributed by atoms with van der Waals surface area (Å²) in [6.45, 7) is 4.58. The Kier molecular flexibility index (Phi) is 6.46. The topological polar surface area (TPSA) is 59.1 Å². The van der Waals surface area contributed by atoms with Gasteiger partial charge in [-0.2, -0.15) is 0 Å². The molecular weight excluding hydrogens is 388 g/mol. The van der Waals surface area contributed by atoms with Gasteiger partial charge in [-0.3, -0.25) is 9.59 Å². The second kappa shape index (κ2) is 9.41. The highest BCUT2D eigenvalue weighted by Crippen LogP contribution is 2.22. The smallest absolute Gasteiger partial charge is 0.263 e. The predicted octanol–water partition coefficient (Wildman–Crippen LogP) is 3.15. The average Bonchev–Trinajstić information content (AvgIpc) is 3.33. The molecule has 2 fully saturated rings. The van der Waals surface area contributed by atoms with E-state index in [4.69, 9.17) is 9.47 Å². The van der Waals surface area contributed by atoms with Crippen molar-refractivity contribution in [3.8, 4) is 5.75 Å². The van der Waals surface area contributed by atoms with Crippen molar-refractivity contribution in [3.63, 3.8) is 0 Å². The lowest BCUT2D eigenvalue weighted by Crippen LogP contribution is -2.41. The van der Waals surface area contributed by atoms with Crippen molar-refractivity contribution in [2.24, 2.45) is 5.92 Å². The largest absolute Gasteiger partial charge is 0.493 e. The Morgan fingerprint density at radius 3 is 2.55 bits per heavy atom. The average molecular weight is 415 g/mol. The van der Waals surface area contributed by atoms with Crippen LogP contribution < -0.4 is 4.74 Å². The van der Waals surface area contributed by atoms with E-state index in [1.807, 2.05) is 51.6 Å². The zero-order chi connectivity index (χ0) is 20.1. The van der Waals surface area contributed by atoms with Crippen LogP contribution in [-0.2, 0) is 4.74 Å². The number of ether oxygens (including phenoxy) is 2. The summed E-state index contributed by atoms with van der Waals surface area (Å²) < 4.78 is 11.3. The third kappa shape index (κ3) is 4.97. The van der Waals surface area contributed by atoms with Gasteiger partial charge in [-0.05, 0) is 48.6 Å². The van der Waals surface area contributed by atoms with E-state index >= 15 is 0 Å². The summed E-state index contributed by atoms with van der Waals surface area (Å²) in [6.07, 6.45) is 2.06. The number of thiophene rings is 1. The van der Waals surface area contributed by atoms with Crippen molar-refractivity contribution in [3.05, 3.63) is 52.2 Å². The SMILES string of the molecule is O=C(c1ccc(OC[C@@H]2CCCN(C(=O)c3cccs3)C2)cc1)N1CCOCC1. The number of piperidine rings is 1. The van der Waals surface area contributed by atoms with Gasteiger partial charge >= 0.3 is 0 Å². The van der Waals surface area contributed by atoms with Crippen LogP contribution in [0, 0.1) is 5.92 Å². The molecule has 2 saturated heterocycles. The van der Waals surface area contributed by atoms with Gasteiger partial charge < -0.3 is 19.3 Å². The Morgan fingerprint density at radius 2 is 1.83 bits per heavy atom. The molecule has 6 nitrogen and oxygen atoms in total. The molecule has 0 N–H and O–H groups in total. The van der Waals surface area contributed by atoms with Gasteiger partial charge in [0.05, 0.1) is 24.7 Å². The first-order valence-electron chi connectivity index (χ1n) is 10.1. The molecule has 1 aromatic heterocycles. The Bertz CT molecular complexity index is 816. The van der Waals surface area contributed by atoms with Gasteiger partial charge in [0.25, 0.3) is 11.8 Å². The van der Waals surface area contributed by atoms with Crippen molar-refractivity contribution in [1.82, 2.24) is 9.80 Å². The van der Waals surface area contributed by atoms with Crippen molar-refractivity contribution >= 4 is 23.2 Å². The number of morpholine rings is 1. The molecule has 2 amide bonds. The first-order chi connectivity index (χ1) is 14.2. The highest BCUT2D eigenvalue weighted by Gasteiger charge is 2.25. The maximum Gasteiger partial charge on any atom is 0.263 e. The number of likely N-dealkylation sites (tertiary alicyclic amines) is 1. The summed E-state index contributed by atoms with van der Waals surface area (Å²) in [5, 5.41) is 1.94. The van der Waals surface area contributed by atoms with E-state index in [1.165, 1.54) is 11.3 Å². The summed E-state index contributed by atoms with van der Waals surface area (Å²) in [7, 11) is 0. The fraction of sp³-hybridized carbons (Fsp3) is 0.455. The quantitative estimate of drug-likeness (QED) is 0.754. The molecule has 0 radical (unpaired) electrons. The first-order valence-corrected chi connectivity index (χ1v) is 11.0. The lowest BCUT2D eigenvalue weighted by atomic mass is 9.99. The number of nitrogens with zero attached hydrogens (tertiary/aromatic N) is 2. The fourth-order valence-corrected chi connectivity index (χ4v) is 4.49. The summed E-state index contributed by atoms with van der Waals surface area (Å²) in [5.74, 6) is 1.23. The van der Waals surface area contributed by atoms with Gasteiger partial charge in [0.2, 0.25) is 0 Å². The number of rotatable bonds is 5. The Labute approximate surface area is 175 Å². The van der Waals surface area contributed by atoms with E-state index in [0.29, 0.717) is 44.4 Å². The summed E-state index contributed by atoms with van der Waals surface area (Å²) in [4.78, 5) is 29.6. The Balaban J connectivity index is 1.28. The minimum Gasteiger partial charge on any atom is -0.493 e. The lowest BCUT2D eigenvalue weighted by molar-refractivity contribution is 0.0303. The third-order valence-electron chi connectivity index (χ3n) is 5.42. The van der Waals surface area contributed by atoms with E-state index in [1.54, 1.807) is 0 Å². The molecule has 1 aromatic carbocycles. The lowest BCUT2D eigenvalue weighted by Gasteiger charge is -2.32. The molecule has 2 aliphatic rings. The van der Waals surface area contributed by atoms with Crippen molar-refractivity contribution in [1.29, 1.82) is 0 Å². The van der Waals surface area contributed by atoms with Gasteiger partial charge in [-0.1, -0.05) is 6.07 Å². The standard InChI is InChI=1S/C22H26N2O4S/c25-21(23-10-12-27-13-11-23)18-5-7-19(8-6-18)28-16-17-3-1-9-24(15-17)22(26)20-4-2-14-29-20/h2,4-8,14,17H,1,3,9-13,15-16H2/t17-/m1/s1. The van der Waals surface area contributed by atoms with Crippen LogP contribution in [0.5, 0.6) is 5.75 Å². The van der Waals surface area contributed by atoms with Crippen LogP contribution in [0.25, 0.3) is 0 Å². The van der Waals surface area contributed by atoms with Gasteiger partial charge in [0.1, 0.15) is 5.75 Å². The third-order valence-corrected chi connectivity index (χ3v) is 6.28. The van der Waals surface area contributed by atoms with E-state index < -0.39 is 0 Å². The minimum atomic E-state index is 0.0369. The van der Waals surface area contributed by atoms with Gasteiger partial charge in [-0.25, -0.2) is 0 Å². The summed E-state index contributed by atoms with van der Waals surface area (Å²) in [5.41, 5.74) is 0.671. The van der Waals surface area contributed by atoms with E-state index in [2.05, 4.69) is 0 Å². The molecule has 0 saturated carbocycles. The molecule has 0 bridgehead atoms. The minimum absolute atomic E-state index is 0.0369. The van der Waals surface area contributed by atoms with Crippen LogP contribution in [0.15, 0.2) is 41.8 Å². The Morgan fingerprint density at radius 1 is 1.03 bits per heavy atom. The highest BCUT2D eigenvalue weighted by molar-refractivity contribution is 7.12. The summed E-state index contributed by atoms with van der Waals surface area (Å²) >= 11 is 1.49. The van der Waals surface area contributed by atoms with Gasteiger partial charge in [0.15, 0.2) is 0 Å². The first kappa shape index (κ1) is 19.9. The Hall–Kier alpha value is -2.38. The second-order valence-corrected chi connectivity index (χ2v) is 8.42. The number of carbonyl (C=O) groups is 2. The molecule has 0 aliphatic carbocycles. The maximum atomic E-state index is 12.6. The molecule has 0 spiro atoms. The van der Waals surface area contributed by atoms with E-state index in [0.717, 1.165) is 36.6 Å². The molecule has 2 aromatic rings. The molecule has 154 valence electrons. The van der Waals surface area contributed by atoms with Crippen LogP contribution in [-0.4, -0.2) is 67.6 Å². The fourth-order valence-electron chi connectivity index (χ4n) is 3.80. The number of amides is 2. The molecule has 2 aliphatic heterocycles. The number of hydrogen-bond acceptors (Lipinski definition) is 5. The molecule has 7 heteroatoms. The number of carbonyl (C=O) groups excluding carboxylic acids is 2. The normalized spacial score (nSPS) is 19.8. The summed E-state index contributed by atoms with van der Waals surface area (Å²) in [6, 6.07) is 11.1. The highest BCUT2D eigenvalue weighted by atomic mass is 32.1. The number of benzene rings is 1. The van der Waals surface area contributed by atoms with Crippen molar-refractivity contribution in [2.75, 3.05) is 46.0 Å². The monoisotopic (exact) mass is 414 g/mol. The number of hydrogen-bond donors (Lipinski definition) is 0. The van der Waals surface area contributed by atoms with Crippen LogP contribution in [0.4, 0.5) is 0 Å². The van der Waals surface area contributed by atoms with Gasteiger partial charge in [0, 0.05) is 37.7 Å². The molecular formula is C22H26N2O4S. The molecule has 29 heavy (non-hydrogen) atoms.